The Labute approximate surface area is 116 Å². The molecule has 7 nitrogen and oxygen atoms in total. The van der Waals surface area contributed by atoms with Gasteiger partial charge in [-0.05, 0) is 30.9 Å². The standard InChI is InChI=1S/C13H17N3O4/c17-12(18)11-10(2-1-5-14-11)16-13(19)15-6-3-9-4-7-20-8-9/h1-2,5,9H,3-4,6-8H2,(H,17,18)(H2,15,16,19). The third kappa shape index (κ3) is 3.92. The average Bonchev–Trinajstić information content (AvgIpc) is 2.92. The van der Waals surface area contributed by atoms with E-state index in [0.717, 1.165) is 26.1 Å². The Hall–Kier alpha value is -2.15. The fourth-order valence-electron chi connectivity index (χ4n) is 2.04. The summed E-state index contributed by atoms with van der Waals surface area (Å²) >= 11 is 0. The lowest BCUT2D eigenvalue weighted by Crippen LogP contribution is -2.31. The van der Waals surface area contributed by atoms with Crippen LogP contribution in [0.25, 0.3) is 0 Å². The number of amides is 2. The second kappa shape index (κ2) is 6.85. The highest BCUT2D eigenvalue weighted by Gasteiger charge is 2.16. The van der Waals surface area contributed by atoms with Crippen molar-refractivity contribution in [3.63, 3.8) is 0 Å². The Morgan fingerprint density at radius 1 is 1.50 bits per heavy atom. The van der Waals surface area contributed by atoms with Gasteiger partial charge in [0.15, 0.2) is 5.69 Å². The summed E-state index contributed by atoms with van der Waals surface area (Å²) in [6, 6.07) is 2.64. The first-order chi connectivity index (χ1) is 9.66. The molecule has 1 aromatic heterocycles. The second-order valence-corrected chi connectivity index (χ2v) is 4.60. The molecule has 0 bridgehead atoms. The SMILES string of the molecule is O=C(NCCC1CCOC1)Nc1cccnc1C(=O)O. The maximum absolute atomic E-state index is 11.7. The molecule has 2 rings (SSSR count). The highest BCUT2D eigenvalue weighted by atomic mass is 16.5. The van der Waals surface area contributed by atoms with E-state index >= 15 is 0 Å². The number of pyridine rings is 1. The first kappa shape index (κ1) is 14.3. The number of aromatic nitrogens is 1. The zero-order valence-corrected chi connectivity index (χ0v) is 11.0. The molecule has 1 aromatic rings. The summed E-state index contributed by atoms with van der Waals surface area (Å²) in [6.07, 6.45) is 3.24. The van der Waals surface area contributed by atoms with Gasteiger partial charge in [-0.2, -0.15) is 0 Å². The predicted octanol–water partition coefficient (Wildman–Crippen LogP) is 1.33. The van der Waals surface area contributed by atoms with E-state index in [1.54, 1.807) is 6.07 Å². The molecule has 1 fully saturated rings. The van der Waals surface area contributed by atoms with Crippen LogP contribution in [0.4, 0.5) is 10.5 Å². The van der Waals surface area contributed by atoms with Crippen LogP contribution in [0.2, 0.25) is 0 Å². The van der Waals surface area contributed by atoms with Gasteiger partial charge in [0.1, 0.15) is 0 Å². The third-order valence-electron chi connectivity index (χ3n) is 3.12. The number of nitrogens with zero attached hydrogens (tertiary/aromatic N) is 1. The molecular weight excluding hydrogens is 262 g/mol. The molecule has 1 saturated heterocycles. The summed E-state index contributed by atoms with van der Waals surface area (Å²) in [5, 5.41) is 14.1. The molecule has 3 N–H and O–H groups in total. The fraction of sp³-hybridized carbons (Fsp3) is 0.462. The summed E-state index contributed by atoms with van der Waals surface area (Å²) < 4.78 is 5.25. The molecule has 1 unspecified atom stereocenters. The smallest absolute Gasteiger partial charge is 0.356 e. The van der Waals surface area contributed by atoms with Gasteiger partial charge >= 0.3 is 12.0 Å². The number of carboxylic acid groups (broad SMARTS) is 1. The molecule has 1 aliphatic heterocycles. The highest BCUT2D eigenvalue weighted by Crippen LogP contribution is 2.15. The molecule has 0 radical (unpaired) electrons. The predicted molar refractivity (Wildman–Crippen MR) is 71.8 cm³/mol. The van der Waals surface area contributed by atoms with Crippen LogP contribution in [0, 0.1) is 5.92 Å². The first-order valence-electron chi connectivity index (χ1n) is 6.47. The minimum absolute atomic E-state index is 0.174. The summed E-state index contributed by atoms with van der Waals surface area (Å²) in [5.74, 6) is -0.688. The van der Waals surface area contributed by atoms with Gasteiger partial charge in [0.05, 0.1) is 5.69 Å². The largest absolute Gasteiger partial charge is 0.476 e. The van der Waals surface area contributed by atoms with Crippen molar-refractivity contribution in [2.24, 2.45) is 5.92 Å². The van der Waals surface area contributed by atoms with Crippen LogP contribution in [0.3, 0.4) is 0 Å². The number of carboxylic acids is 1. The summed E-state index contributed by atoms with van der Waals surface area (Å²) in [5.41, 5.74) is 0.00791. The van der Waals surface area contributed by atoms with Gasteiger partial charge in [0, 0.05) is 26.0 Å². The molecule has 0 spiro atoms. The number of nitrogens with one attached hydrogen (secondary N) is 2. The van der Waals surface area contributed by atoms with Crippen molar-refractivity contribution in [1.29, 1.82) is 0 Å². The molecule has 1 atom stereocenters. The number of carbonyl (C=O) groups excluding carboxylic acids is 1. The summed E-state index contributed by atoms with van der Waals surface area (Å²) in [6.45, 7) is 2.06. The number of anilines is 1. The van der Waals surface area contributed by atoms with Crippen LogP contribution < -0.4 is 10.6 Å². The van der Waals surface area contributed by atoms with Crippen molar-refractivity contribution >= 4 is 17.7 Å². The van der Waals surface area contributed by atoms with Gasteiger partial charge in [0.2, 0.25) is 0 Å². The van der Waals surface area contributed by atoms with E-state index in [1.807, 2.05) is 0 Å². The lowest BCUT2D eigenvalue weighted by Gasteiger charge is -2.11. The van der Waals surface area contributed by atoms with E-state index in [0.29, 0.717) is 12.5 Å². The minimum Gasteiger partial charge on any atom is -0.476 e. The Morgan fingerprint density at radius 3 is 3.05 bits per heavy atom. The summed E-state index contributed by atoms with van der Waals surface area (Å²) in [4.78, 5) is 26.3. The number of ether oxygens (including phenoxy) is 1. The van der Waals surface area contributed by atoms with E-state index in [4.69, 9.17) is 9.84 Å². The Morgan fingerprint density at radius 2 is 2.35 bits per heavy atom. The number of urea groups is 1. The van der Waals surface area contributed by atoms with E-state index < -0.39 is 12.0 Å². The van der Waals surface area contributed by atoms with Crippen LogP contribution in [0.1, 0.15) is 23.3 Å². The van der Waals surface area contributed by atoms with Crippen molar-refractivity contribution in [1.82, 2.24) is 10.3 Å². The molecule has 0 saturated carbocycles. The Balaban J connectivity index is 1.80. The van der Waals surface area contributed by atoms with E-state index in [9.17, 15) is 9.59 Å². The monoisotopic (exact) mass is 279 g/mol. The number of rotatable bonds is 5. The lowest BCUT2D eigenvalue weighted by molar-refractivity contribution is 0.0691. The van der Waals surface area contributed by atoms with E-state index in [2.05, 4.69) is 15.6 Å². The van der Waals surface area contributed by atoms with Gasteiger partial charge in [0.25, 0.3) is 0 Å². The van der Waals surface area contributed by atoms with Crippen molar-refractivity contribution in [2.75, 3.05) is 25.1 Å². The molecular formula is C13H17N3O4. The highest BCUT2D eigenvalue weighted by molar-refractivity contribution is 5.98. The minimum atomic E-state index is -1.18. The molecule has 2 amide bonds. The first-order valence-corrected chi connectivity index (χ1v) is 6.47. The van der Waals surface area contributed by atoms with Gasteiger partial charge in [-0.3, -0.25) is 0 Å². The maximum atomic E-state index is 11.7. The Kier molecular flexibility index (Phi) is 4.89. The molecule has 108 valence electrons. The average molecular weight is 279 g/mol. The second-order valence-electron chi connectivity index (χ2n) is 4.60. The molecule has 20 heavy (non-hydrogen) atoms. The lowest BCUT2D eigenvalue weighted by atomic mass is 10.1. The van der Waals surface area contributed by atoms with Crippen LogP contribution in [-0.4, -0.2) is 41.8 Å². The zero-order valence-electron chi connectivity index (χ0n) is 11.0. The van der Waals surface area contributed by atoms with Crippen molar-refractivity contribution in [3.05, 3.63) is 24.0 Å². The van der Waals surface area contributed by atoms with Gasteiger partial charge in [-0.15, -0.1) is 0 Å². The van der Waals surface area contributed by atoms with Gasteiger partial charge < -0.3 is 20.5 Å². The van der Waals surface area contributed by atoms with E-state index in [1.165, 1.54) is 12.3 Å². The maximum Gasteiger partial charge on any atom is 0.356 e. The van der Waals surface area contributed by atoms with Crippen molar-refractivity contribution < 1.29 is 19.4 Å². The molecule has 0 aromatic carbocycles. The van der Waals surface area contributed by atoms with Gasteiger partial charge in [-0.25, -0.2) is 14.6 Å². The number of carbonyl (C=O) groups is 2. The van der Waals surface area contributed by atoms with Gasteiger partial charge in [-0.1, -0.05) is 0 Å². The number of hydrogen-bond acceptors (Lipinski definition) is 4. The van der Waals surface area contributed by atoms with Crippen LogP contribution in [0.15, 0.2) is 18.3 Å². The van der Waals surface area contributed by atoms with Crippen LogP contribution >= 0.6 is 0 Å². The molecule has 2 heterocycles. The quantitative estimate of drug-likeness (QED) is 0.755. The zero-order chi connectivity index (χ0) is 14.4. The molecule has 7 heteroatoms. The van der Waals surface area contributed by atoms with Crippen LogP contribution in [-0.2, 0) is 4.74 Å². The fourth-order valence-corrected chi connectivity index (χ4v) is 2.04. The topological polar surface area (TPSA) is 101 Å². The Bertz CT molecular complexity index is 486. The normalized spacial score (nSPS) is 17.7. The molecule has 1 aliphatic rings. The van der Waals surface area contributed by atoms with Crippen molar-refractivity contribution in [2.45, 2.75) is 12.8 Å². The van der Waals surface area contributed by atoms with E-state index in [-0.39, 0.29) is 11.4 Å². The summed E-state index contributed by atoms with van der Waals surface area (Å²) in [7, 11) is 0. The van der Waals surface area contributed by atoms with Crippen molar-refractivity contribution in [3.8, 4) is 0 Å². The number of hydrogen-bond donors (Lipinski definition) is 3. The molecule has 0 aliphatic carbocycles. The number of aromatic carboxylic acids is 1. The van der Waals surface area contributed by atoms with Crippen LogP contribution in [0.5, 0.6) is 0 Å². The third-order valence-corrected chi connectivity index (χ3v) is 3.12.